The molecule has 1 fully saturated rings. The zero-order chi connectivity index (χ0) is 18.1. The van der Waals surface area contributed by atoms with Crippen LogP contribution in [0.1, 0.15) is 13.2 Å². The Kier molecular flexibility index (Phi) is 4.67. The van der Waals surface area contributed by atoms with Crippen molar-refractivity contribution in [1.82, 2.24) is 19.5 Å². The number of nitrogens with one attached hydrogen (secondary N) is 2. The molecule has 5 N–H and O–H groups in total. The quantitative estimate of drug-likeness (QED) is 0.428. The van der Waals surface area contributed by atoms with Gasteiger partial charge in [0.2, 0.25) is 5.95 Å². The van der Waals surface area contributed by atoms with E-state index in [1.807, 2.05) is 0 Å². The SMILES string of the molecule is CCOC(=O)Nc1nc2c(ncn2[C@@H]2O[C@H](CO)[C@@H](O)[C@H]2O)c(=O)[nH]1. The molecule has 2 aromatic rings. The van der Waals surface area contributed by atoms with Gasteiger partial charge < -0.3 is 24.8 Å². The van der Waals surface area contributed by atoms with E-state index in [1.54, 1.807) is 6.92 Å². The Balaban J connectivity index is 1.98. The van der Waals surface area contributed by atoms with E-state index in [9.17, 15) is 19.8 Å². The minimum Gasteiger partial charge on any atom is -0.450 e. The van der Waals surface area contributed by atoms with Crippen molar-refractivity contribution in [2.75, 3.05) is 18.5 Å². The molecule has 1 aliphatic heterocycles. The second-order valence-electron chi connectivity index (χ2n) is 5.31. The first-order valence-electron chi connectivity index (χ1n) is 7.49. The van der Waals surface area contributed by atoms with Crippen molar-refractivity contribution >= 4 is 23.2 Å². The third-order valence-electron chi connectivity index (χ3n) is 3.72. The standard InChI is InChI=1S/C13H17N5O7/c1-2-24-13(23)17-12-15-9-6(10(22)16-12)14-4-18(9)11-8(21)7(20)5(3-19)25-11/h4-5,7-8,11,19-21H,2-3H2,1H3,(H2,15,16,17,22,23)/t5-,7-,8-,11-/m1/s1. The first kappa shape index (κ1) is 17.3. The second kappa shape index (κ2) is 6.76. The summed E-state index contributed by atoms with van der Waals surface area (Å²) in [5.41, 5.74) is -0.653. The number of rotatable bonds is 4. The maximum absolute atomic E-state index is 12.1. The average molecular weight is 355 g/mol. The molecule has 0 radical (unpaired) electrons. The Labute approximate surface area is 140 Å². The van der Waals surface area contributed by atoms with Crippen LogP contribution in [0.3, 0.4) is 0 Å². The molecule has 3 heterocycles. The number of aliphatic hydroxyl groups is 3. The number of hydrogen-bond donors (Lipinski definition) is 5. The molecule has 2 aromatic heterocycles. The normalized spacial score (nSPS) is 26.1. The van der Waals surface area contributed by atoms with Gasteiger partial charge in [0.1, 0.15) is 18.3 Å². The number of ether oxygens (including phenoxy) is 2. The van der Waals surface area contributed by atoms with Crippen LogP contribution in [0.4, 0.5) is 10.7 Å². The van der Waals surface area contributed by atoms with Gasteiger partial charge >= 0.3 is 6.09 Å². The third kappa shape index (κ3) is 3.07. The molecule has 25 heavy (non-hydrogen) atoms. The number of carbonyl (C=O) groups excluding carboxylic acids is 1. The third-order valence-corrected chi connectivity index (χ3v) is 3.72. The number of aliphatic hydroxyl groups excluding tert-OH is 3. The van der Waals surface area contributed by atoms with E-state index >= 15 is 0 Å². The number of hydrogen-bond acceptors (Lipinski definition) is 9. The van der Waals surface area contributed by atoms with Crippen molar-refractivity contribution in [2.45, 2.75) is 31.5 Å². The van der Waals surface area contributed by atoms with Crippen LogP contribution in [0.2, 0.25) is 0 Å². The van der Waals surface area contributed by atoms with Gasteiger partial charge in [-0.15, -0.1) is 0 Å². The van der Waals surface area contributed by atoms with Crippen molar-refractivity contribution in [2.24, 2.45) is 0 Å². The highest BCUT2D eigenvalue weighted by atomic mass is 16.6. The molecule has 3 rings (SSSR count). The molecule has 0 saturated carbocycles. The summed E-state index contributed by atoms with van der Waals surface area (Å²) in [4.78, 5) is 33.9. The molecule has 0 bridgehead atoms. The second-order valence-corrected chi connectivity index (χ2v) is 5.31. The molecular formula is C13H17N5O7. The van der Waals surface area contributed by atoms with E-state index in [0.29, 0.717) is 0 Å². The predicted molar refractivity (Wildman–Crippen MR) is 81.8 cm³/mol. The van der Waals surface area contributed by atoms with E-state index in [-0.39, 0.29) is 23.7 Å². The molecule has 0 spiro atoms. The van der Waals surface area contributed by atoms with Crippen LogP contribution >= 0.6 is 0 Å². The van der Waals surface area contributed by atoms with Crippen LogP contribution in [0.5, 0.6) is 0 Å². The van der Waals surface area contributed by atoms with E-state index < -0.39 is 42.8 Å². The van der Waals surface area contributed by atoms with Gasteiger partial charge in [-0.2, -0.15) is 4.98 Å². The van der Waals surface area contributed by atoms with Crippen LogP contribution < -0.4 is 10.9 Å². The maximum Gasteiger partial charge on any atom is 0.413 e. The Morgan fingerprint density at radius 1 is 1.48 bits per heavy atom. The smallest absolute Gasteiger partial charge is 0.413 e. The Morgan fingerprint density at radius 2 is 2.24 bits per heavy atom. The fraction of sp³-hybridized carbons (Fsp3) is 0.538. The number of amides is 1. The number of nitrogens with zero attached hydrogens (tertiary/aromatic N) is 3. The van der Waals surface area contributed by atoms with Crippen LogP contribution in [-0.2, 0) is 9.47 Å². The highest BCUT2D eigenvalue weighted by Crippen LogP contribution is 2.30. The number of imidazole rings is 1. The molecule has 0 unspecified atom stereocenters. The highest BCUT2D eigenvalue weighted by molar-refractivity contribution is 5.83. The van der Waals surface area contributed by atoms with Crippen molar-refractivity contribution in [3.05, 3.63) is 16.7 Å². The number of H-pyrrole nitrogens is 1. The van der Waals surface area contributed by atoms with Crippen molar-refractivity contribution < 1.29 is 29.6 Å². The van der Waals surface area contributed by atoms with Gasteiger partial charge in [-0.3, -0.25) is 19.7 Å². The monoisotopic (exact) mass is 355 g/mol. The van der Waals surface area contributed by atoms with Gasteiger partial charge in [-0.05, 0) is 6.92 Å². The van der Waals surface area contributed by atoms with Gasteiger partial charge in [0.25, 0.3) is 5.56 Å². The number of aromatic nitrogens is 4. The summed E-state index contributed by atoms with van der Waals surface area (Å²) in [6.07, 6.45) is -4.37. The summed E-state index contributed by atoms with van der Waals surface area (Å²) in [6, 6.07) is 0. The van der Waals surface area contributed by atoms with E-state index in [0.717, 1.165) is 0 Å². The maximum atomic E-state index is 12.1. The first-order chi connectivity index (χ1) is 12.0. The molecule has 1 aliphatic rings. The summed E-state index contributed by atoms with van der Waals surface area (Å²) in [5.74, 6) is -0.176. The molecule has 0 aliphatic carbocycles. The number of aromatic amines is 1. The summed E-state index contributed by atoms with van der Waals surface area (Å²) >= 11 is 0. The number of carbonyl (C=O) groups is 1. The van der Waals surface area contributed by atoms with Crippen molar-refractivity contribution in [3.8, 4) is 0 Å². The van der Waals surface area contributed by atoms with Crippen LogP contribution in [-0.4, -0.2) is 72.5 Å². The summed E-state index contributed by atoms with van der Waals surface area (Å²) < 4.78 is 11.3. The van der Waals surface area contributed by atoms with Crippen LogP contribution in [0, 0.1) is 0 Å². The fourth-order valence-electron chi connectivity index (χ4n) is 2.55. The number of fused-ring (bicyclic) bond motifs is 1. The van der Waals surface area contributed by atoms with Gasteiger partial charge in [0.05, 0.1) is 19.5 Å². The minimum atomic E-state index is -1.36. The minimum absolute atomic E-state index is 0.0189. The van der Waals surface area contributed by atoms with Crippen molar-refractivity contribution in [1.29, 1.82) is 0 Å². The topological polar surface area (TPSA) is 172 Å². The van der Waals surface area contributed by atoms with Crippen LogP contribution in [0.25, 0.3) is 11.2 Å². The molecule has 12 nitrogen and oxygen atoms in total. The lowest BCUT2D eigenvalue weighted by molar-refractivity contribution is -0.0511. The molecule has 1 amide bonds. The zero-order valence-electron chi connectivity index (χ0n) is 13.1. The Morgan fingerprint density at radius 3 is 2.88 bits per heavy atom. The summed E-state index contributed by atoms with van der Waals surface area (Å²) in [5, 5.41) is 31.4. The van der Waals surface area contributed by atoms with E-state index in [2.05, 4.69) is 20.3 Å². The van der Waals surface area contributed by atoms with Gasteiger partial charge in [-0.1, -0.05) is 0 Å². The number of anilines is 1. The predicted octanol–water partition coefficient (Wildman–Crippen LogP) is -1.70. The molecular weight excluding hydrogens is 338 g/mol. The van der Waals surface area contributed by atoms with Crippen LogP contribution in [0.15, 0.2) is 11.1 Å². The highest BCUT2D eigenvalue weighted by Gasteiger charge is 2.44. The summed E-state index contributed by atoms with van der Waals surface area (Å²) in [7, 11) is 0. The zero-order valence-corrected chi connectivity index (χ0v) is 13.1. The first-order valence-corrected chi connectivity index (χ1v) is 7.49. The average Bonchev–Trinajstić information content (AvgIpc) is 3.10. The summed E-state index contributed by atoms with van der Waals surface area (Å²) in [6.45, 7) is 1.26. The fourth-order valence-corrected chi connectivity index (χ4v) is 2.55. The Hall–Kier alpha value is -2.54. The van der Waals surface area contributed by atoms with Gasteiger partial charge in [0.15, 0.2) is 17.4 Å². The van der Waals surface area contributed by atoms with Gasteiger partial charge in [-0.25, -0.2) is 9.78 Å². The molecule has 4 atom stereocenters. The van der Waals surface area contributed by atoms with E-state index in [4.69, 9.17) is 14.6 Å². The molecule has 0 aromatic carbocycles. The van der Waals surface area contributed by atoms with Gasteiger partial charge in [0, 0.05) is 0 Å². The lowest BCUT2D eigenvalue weighted by atomic mass is 10.1. The molecule has 12 heteroatoms. The lowest BCUT2D eigenvalue weighted by Gasteiger charge is -2.16. The Bertz CT molecular complexity index is 834. The van der Waals surface area contributed by atoms with E-state index in [1.165, 1.54) is 10.9 Å². The molecule has 1 saturated heterocycles. The lowest BCUT2D eigenvalue weighted by Crippen LogP contribution is -2.33. The molecule has 136 valence electrons. The largest absolute Gasteiger partial charge is 0.450 e. The van der Waals surface area contributed by atoms with Crippen molar-refractivity contribution in [3.63, 3.8) is 0 Å².